The molecule has 88 valence electrons. The van der Waals surface area contributed by atoms with Gasteiger partial charge in [0.1, 0.15) is 5.82 Å². The highest BCUT2D eigenvalue weighted by atomic mass is 19.1. The predicted octanol–water partition coefficient (Wildman–Crippen LogP) is 2.77. The van der Waals surface area contributed by atoms with Gasteiger partial charge in [0, 0.05) is 18.4 Å². The molecular weight excluding hydrogens is 215 g/mol. The van der Waals surface area contributed by atoms with Gasteiger partial charge in [-0.1, -0.05) is 24.3 Å². The Bertz CT molecular complexity index is 511. The first-order valence-corrected chi connectivity index (χ1v) is 5.57. The highest BCUT2D eigenvalue weighted by Gasteiger charge is 2.10. The van der Waals surface area contributed by atoms with Gasteiger partial charge in [0.05, 0.1) is 0 Å². The third-order valence-corrected chi connectivity index (χ3v) is 2.72. The number of benzene rings is 1. The van der Waals surface area contributed by atoms with Crippen LogP contribution in [0.2, 0.25) is 0 Å². The highest BCUT2D eigenvalue weighted by molar-refractivity contribution is 5.24. The maximum atomic E-state index is 13.5. The van der Waals surface area contributed by atoms with Gasteiger partial charge in [-0.15, -0.1) is 0 Å². The Morgan fingerprint density at radius 3 is 2.76 bits per heavy atom. The number of hydrogen-bond acceptors (Lipinski definition) is 2. The van der Waals surface area contributed by atoms with Gasteiger partial charge in [-0.3, -0.25) is 4.98 Å². The normalized spacial score (nSPS) is 12.4. The third-order valence-electron chi connectivity index (χ3n) is 2.72. The summed E-state index contributed by atoms with van der Waals surface area (Å²) in [6.45, 7) is 1.96. The summed E-state index contributed by atoms with van der Waals surface area (Å²) in [5.41, 5.74) is 8.70. The average molecular weight is 230 g/mol. The molecule has 0 bridgehead atoms. The number of halogens is 1. The second-order valence-corrected chi connectivity index (χ2v) is 4.20. The summed E-state index contributed by atoms with van der Waals surface area (Å²) in [4.78, 5) is 4.10. The zero-order valence-corrected chi connectivity index (χ0v) is 9.73. The molecule has 0 radical (unpaired) electrons. The highest BCUT2D eigenvalue weighted by Crippen LogP contribution is 2.18. The maximum absolute atomic E-state index is 13.5. The van der Waals surface area contributed by atoms with Gasteiger partial charge in [0.25, 0.3) is 0 Å². The van der Waals surface area contributed by atoms with Crippen LogP contribution in [0, 0.1) is 12.7 Å². The van der Waals surface area contributed by atoms with Crippen molar-refractivity contribution in [2.45, 2.75) is 19.4 Å². The fourth-order valence-corrected chi connectivity index (χ4v) is 1.80. The molecule has 0 aliphatic rings. The van der Waals surface area contributed by atoms with Gasteiger partial charge in [-0.2, -0.15) is 0 Å². The van der Waals surface area contributed by atoms with Crippen LogP contribution < -0.4 is 5.73 Å². The topological polar surface area (TPSA) is 38.9 Å². The molecule has 17 heavy (non-hydrogen) atoms. The van der Waals surface area contributed by atoms with Gasteiger partial charge in [0.15, 0.2) is 0 Å². The first-order valence-electron chi connectivity index (χ1n) is 5.57. The average Bonchev–Trinajstić information content (AvgIpc) is 2.32. The molecule has 0 fully saturated rings. The molecule has 0 saturated carbocycles. The second kappa shape index (κ2) is 5.06. The molecule has 1 unspecified atom stereocenters. The van der Waals surface area contributed by atoms with E-state index in [1.807, 2.05) is 19.1 Å². The van der Waals surface area contributed by atoms with Gasteiger partial charge >= 0.3 is 0 Å². The van der Waals surface area contributed by atoms with Crippen molar-refractivity contribution in [1.29, 1.82) is 0 Å². The summed E-state index contributed by atoms with van der Waals surface area (Å²) in [5, 5.41) is 0. The number of nitrogens with zero attached hydrogens (tertiary/aromatic N) is 1. The van der Waals surface area contributed by atoms with Crippen LogP contribution in [0.4, 0.5) is 4.39 Å². The van der Waals surface area contributed by atoms with E-state index in [0.717, 1.165) is 11.1 Å². The van der Waals surface area contributed by atoms with Crippen LogP contribution in [0.25, 0.3) is 0 Å². The van der Waals surface area contributed by atoms with E-state index in [9.17, 15) is 4.39 Å². The molecular formula is C14H15FN2. The van der Waals surface area contributed by atoms with Crippen molar-refractivity contribution in [2.24, 2.45) is 5.73 Å². The first kappa shape index (κ1) is 11.7. The zero-order valence-electron chi connectivity index (χ0n) is 9.73. The minimum atomic E-state index is -0.223. The number of aromatic nitrogens is 1. The Labute approximate surface area is 100 Å². The SMILES string of the molecule is Cc1cncc(C(N)Cc2ccccc2F)c1. The van der Waals surface area contributed by atoms with E-state index in [4.69, 9.17) is 5.73 Å². The van der Waals surface area contributed by atoms with E-state index < -0.39 is 0 Å². The molecule has 1 atom stereocenters. The lowest BCUT2D eigenvalue weighted by Crippen LogP contribution is -2.14. The van der Waals surface area contributed by atoms with Gasteiger partial charge in [0.2, 0.25) is 0 Å². The summed E-state index contributed by atoms with van der Waals surface area (Å²) in [6, 6.07) is 8.48. The summed E-state index contributed by atoms with van der Waals surface area (Å²) in [7, 11) is 0. The number of rotatable bonds is 3. The van der Waals surface area contributed by atoms with E-state index in [0.29, 0.717) is 12.0 Å². The fourth-order valence-electron chi connectivity index (χ4n) is 1.80. The Kier molecular flexibility index (Phi) is 3.49. The van der Waals surface area contributed by atoms with Crippen LogP contribution in [-0.4, -0.2) is 4.98 Å². The minimum Gasteiger partial charge on any atom is -0.324 e. The molecule has 0 saturated heterocycles. The Morgan fingerprint density at radius 2 is 2.06 bits per heavy atom. The molecule has 2 N–H and O–H groups in total. The predicted molar refractivity (Wildman–Crippen MR) is 66.0 cm³/mol. The van der Waals surface area contributed by atoms with Crippen LogP contribution >= 0.6 is 0 Å². The monoisotopic (exact) mass is 230 g/mol. The van der Waals surface area contributed by atoms with Crippen molar-refractivity contribution in [3.05, 3.63) is 65.2 Å². The van der Waals surface area contributed by atoms with E-state index in [2.05, 4.69) is 4.98 Å². The second-order valence-electron chi connectivity index (χ2n) is 4.20. The minimum absolute atomic E-state index is 0.205. The van der Waals surface area contributed by atoms with Crippen molar-refractivity contribution >= 4 is 0 Å². The Balaban J connectivity index is 2.17. The number of pyridine rings is 1. The molecule has 1 heterocycles. The van der Waals surface area contributed by atoms with Gasteiger partial charge in [-0.25, -0.2) is 4.39 Å². The van der Waals surface area contributed by atoms with Crippen LogP contribution in [0.5, 0.6) is 0 Å². The summed E-state index contributed by atoms with van der Waals surface area (Å²) < 4.78 is 13.5. The lowest BCUT2D eigenvalue weighted by molar-refractivity contribution is 0.593. The molecule has 0 aliphatic heterocycles. The first-order chi connectivity index (χ1) is 8.16. The van der Waals surface area contributed by atoms with Crippen LogP contribution in [0.1, 0.15) is 22.7 Å². The molecule has 2 aromatic rings. The van der Waals surface area contributed by atoms with Crippen molar-refractivity contribution in [2.75, 3.05) is 0 Å². The van der Waals surface area contributed by atoms with Crippen molar-refractivity contribution in [3.8, 4) is 0 Å². The molecule has 1 aromatic carbocycles. The van der Waals surface area contributed by atoms with Crippen LogP contribution in [-0.2, 0) is 6.42 Å². The van der Waals surface area contributed by atoms with Crippen molar-refractivity contribution < 1.29 is 4.39 Å². The smallest absolute Gasteiger partial charge is 0.126 e. The lowest BCUT2D eigenvalue weighted by Gasteiger charge is -2.12. The molecule has 2 nitrogen and oxygen atoms in total. The zero-order chi connectivity index (χ0) is 12.3. The fraction of sp³-hybridized carbons (Fsp3) is 0.214. The van der Waals surface area contributed by atoms with Crippen LogP contribution in [0.3, 0.4) is 0 Å². The summed E-state index contributed by atoms with van der Waals surface area (Å²) >= 11 is 0. The quantitative estimate of drug-likeness (QED) is 0.880. The third kappa shape index (κ3) is 2.88. The molecule has 0 spiro atoms. The molecule has 0 amide bonds. The molecule has 1 aromatic heterocycles. The van der Waals surface area contributed by atoms with Crippen molar-refractivity contribution in [3.63, 3.8) is 0 Å². The molecule has 2 rings (SSSR count). The van der Waals surface area contributed by atoms with E-state index >= 15 is 0 Å². The summed E-state index contributed by atoms with van der Waals surface area (Å²) in [6.07, 6.45) is 4.00. The van der Waals surface area contributed by atoms with Crippen molar-refractivity contribution in [1.82, 2.24) is 4.98 Å². The van der Waals surface area contributed by atoms with E-state index in [-0.39, 0.29) is 11.9 Å². The Hall–Kier alpha value is -1.74. The number of aryl methyl sites for hydroxylation is 1. The molecule has 0 aliphatic carbocycles. The number of nitrogens with two attached hydrogens (primary N) is 1. The maximum Gasteiger partial charge on any atom is 0.126 e. The van der Waals surface area contributed by atoms with Gasteiger partial charge < -0.3 is 5.73 Å². The van der Waals surface area contributed by atoms with E-state index in [1.54, 1.807) is 24.5 Å². The Morgan fingerprint density at radius 1 is 1.29 bits per heavy atom. The lowest BCUT2D eigenvalue weighted by atomic mass is 10.00. The number of hydrogen-bond donors (Lipinski definition) is 1. The summed E-state index contributed by atoms with van der Waals surface area (Å²) in [5.74, 6) is -0.205. The standard InChI is InChI=1S/C14H15FN2/c1-10-6-12(9-17-8-10)14(16)7-11-4-2-3-5-13(11)15/h2-6,8-9,14H,7,16H2,1H3. The van der Waals surface area contributed by atoms with Gasteiger partial charge in [-0.05, 0) is 36.1 Å². The largest absolute Gasteiger partial charge is 0.324 e. The van der Waals surface area contributed by atoms with E-state index in [1.165, 1.54) is 6.07 Å². The van der Waals surface area contributed by atoms with Crippen LogP contribution in [0.15, 0.2) is 42.7 Å². The molecule has 3 heteroatoms.